The third-order valence-electron chi connectivity index (χ3n) is 7.81. The number of phenols is 2. The fourth-order valence-electron chi connectivity index (χ4n) is 4.96. The maximum Gasteiger partial charge on any atom is 0.243 e. The Hall–Kier alpha value is -5.61. The highest BCUT2D eigenvalue weighted by Gasteiger charge is 2.29. The van der Waals surface area contributed by atoms with Gasteiger partial charge in [0.1, 0.15) is 29.6 Å². The van der Waals surface area contributed by atoms with Crippen molar-refractivity contribution in [1.29, 1.82) is 0 Å². The van der Waals surface area contributed by atoms with Gasteiger partial charge in [0.05, 0.1) is 19.1 Å². The predicted octanol–water partition coefficient (Wildman–Crippen LogP) is -0.622. The van der Waals surface area contributed by atoms with Crippen molar-refractivity contribution in [1.82, 2.24) is 26.6 Å². The molecule has 52 heavy (non-hydrogen) atoms. The van der Waals surface area contributed by atoms with Gasteiger partial charge in [0.15, 0.2) is 0 Å². The third kappa shape index (κ3) is 14.3. The molecular weight excluding hydrogens is 691 g/mol. The Morgan fingerprint density at radius 3 is 1.69 bits per heavy atom. The number of amides is 6. The highest BCUT2D eigenvalue weighted by atomic mass is 32.2. The maximum absolute atomic E-state index is 13.6. The van der Waals surface area contributed by atoms with Crippen molar-refractivity contribution < 1.29 is 39.0 Å². The predicted molar refractivity (Wildman–Crippen MR) is 196 cm³/mol. The minimum Gasteiger partial charge on any atom is -0.508 e. The SMILES string of the molecule is CSCC[C@H](NC(=O)[C@H](Cc1ccccc1)NC(=O)CNC(=O)CNC(=O)[C@@H](N)Cc1ccc(O)cc1)C(=O)N[C@@H](Cc1ccc(O)cc1)C(N)=O. The molecule has 0 aliphatic heterocycles. The van der Waals surface area contributed by atoms with Gasteiger partial charge in [-0.05, 0) is 65.8 Å². The molecular formula is C36H45N7O8S. The van der Waals surface area contributed by atoms with Crippen LogP contribution in [0.25, 0.3) is 0 Å². The van der Waals surface area contributed by atoms with Crippen LogP contribution in [0.1, 0.15) is 23.1 Å². The van der Waals surface area contributed by atoms with E-state index in [1.807, 2.05) is 6.26 Å². The van der Waals surface area contributed by atoms with Crippen molar-refractivity contribution in [3.05, 3.63) is 95.6 Å². The molecule has 0 radical (unpaired) electrons. The number of nitrogens with two attached hydrogens (primary N) is 2. The van der Waals surface area contributed by atoms with E-state index in [-0.39, 0.29) is 37.2 Å². The second-order valence-electron chi connectivity index (χ2n) is 12.0. The number of carbonyl (C=O) groups is 6. The Morgan fingerprint density at radius 1 is 0.615 bits per heavy atom. The van der Waals surface area contributed by atoms with Crippen LogP contribution in [0.3, 0.4) is 0 Å². The summed E-state index contributed by atoms with van der Waals surface area (Å²) in [5, 5.41) is 31.7. The summed E-state index contributed by atoms with van der Waals surface area (Å²) in [5.41, 5.74) is 13.6. The third-order valence-corrected chi connectivity index (χ3v) is 8.46. The molecule has 0 spiro atoms. The standard InChI is InChI=1S/C36H45N7O8S/c1-52-16-15-28(35(50)43-29(33(38)48)18-24-9-13-26(45)14-10-24)42-36(51)30(19-22-5-3-2-4-6-22)41-32(47)21-39-31(46)20-40-34(49)27(37)17-23-7-11-25(44)12-8-23/h2-14,27-30,44-45H,15-21,37H2,1H3,(H2,38,48)(H,39,46)(H,40,49)(H,41,47)(H,42,51)(H,43,50)/t27-,28-,29-,30-/m0/s1. The van der Waals surface area contributed by atoms with Gasteiger partial charge >= 0.3 is 0 Å². The number of aromatic hydroxyl groups is 2. The first-order valence-corrected chi connectivity index (χ1v) is 17.8. The molecule has 0 aliphatic carbocycles. The molecule has 16 heteroatoms. The molecule has 11 N–H and O–H groups in total. The molecule has 0 saturated heterocycles. The zero-order valence-corrected chi connectivity index (χ0v) is 29.5. The Balaban J connectivity index is 1.60. The number of carbonyl (C=O) groups excluding carboxylic acids is 6. The van der Waals surface area contributed by atoms with Gasteiger partial charge in [-0.2, -0.15) is 11.8 Å². The van der Waals surface area contributed by atoms with Crippen molar-refractivity contribution in [2.75, 3.05) is 25.1 Å². The van der Waals surface area contributed by atoms with Crippen LogP contribution < -0.4 is 38.1 Å². The van der Waals surface area contributed by atoms with Crippen molar-refractivity contribution in [3.8, 4) is 11.5 Å². The lowest BCUT2D eigenvalue weighted by molar-refractivity contribution is -0.133. The van der Waals surface area contributed by atoms with Crippen LogP contribution in [0.5, 0.6) is 11.5 Å². The Labute approximate surface area is 305 Å². The summed E-state index contributed by atoms with van der Waals surface area (Å²) in [4.78, 5) is 77.1. The summed E-state index contributed by atoms with van der Waals surface area (Å²) in [5.74, 6) is -3.47. The van der Waals surface area contributed by atoms with Crippen molar-refractivity contribution in [3.63, 3.8) is 0 Å². The first-order chi connectivity index (χ1) is 24.8. The van der Waals surface area contributed by atoms with Gasteiger partial charge in [0.2, 0.25) is 35.4 Å². The Kier molecular flexibility index (Phi) is 16.4. The van der Waals surface area contributed by atoms with Crippen LogP contribution in [-0.4, -0.2) is 94.9 Å². The second-order valence-corrected chi connectivity index (χ2v) is 12.9. The van der Waals surface area contributed by atoms with E-state index < -0.39 is 72.7 Å². The number of nitrogens with one attached hydrogen (secondary N) is 5. The number of hydrogen-bond acceptors (Lipinski definition) is 10. The van der Waals surface area contributed by atoms with Gasteiger partial charge in [-0.15, -0.1) is 0 Å². The molecule has 3 aromatic carbocycles. The van der Waals surface area contributed by atoms with E-state index in [1.165, 1.54) is 36.0 Å². The molecule has 3 rings (SSSR count). The van der Waals surface area contributed by atoms with Gasteiger partial charge < -0.3 is 48.3 Å². The summed E-state index contributed by atoms with van der Waals surface area (Å²) >= 11 is 1.44. The molecule has 0 saturated carbocycles. The van der Waals surface area contributed by atoms with Gasteiger partial charge in [0, 0.05) is 12.8 Å². The minimum absolute atomic E-state index is 0.0377. The van der Waals surface area contributed by atoms with E-state index in [4.69, 9.17) is 11.5 Å². The van der Waals surface area contributed by atoms with Crippen molar-refractivity contribution >= 4 is 47.2 Å². The molecule has 0 unspecified atom stereocenters. The quantitative estimate of drug-likeness (QED) is 0.0711. The molecule has 0 fully saturated rings. The number of hydrogen-bond donors (Lipinski definition) is 9. The largest absolute Gasteiger partial charge is 0.508 e. The minimum atomic E-state index is -1.15. The highest BCUT2D eigenvalue weighted by molar-refractivity contribution is 7.98. The monoisotopic (exact) mass is 735 g/mol. The lowest BCUT2D eigenvalue weighted by atomic mass is 10.0. The first kappa shape index (κ1) is 40.8. The molecule has 0 bridgehead atoms. The first-order valence-electron chi connectivity index (χ1n) is 16.4. The number of benzene rings is 3. The molecule has 278 valence electrons. The summed E-state index contributed by atoms with van der Waals surface area (Å²) in [6, 6.07) is 16.8. The van der Waals surface area contributed by atoms with Gasteiger partial charge in [-0.25, -0.2) is 0 Å². The molecule has 15 nitrogen and oxygen atoms in total. The van der Waals surface area contributed by atoms with E-state index >= 15 is 0 Å². The average molecular weight is 736 g/mol. The number of phenolic OH excluding ortho intramolecular Hbond substituents is 2. The van der Waals surface area contributed by atoms with Gasteiger partial charge in [-0.3, -0.25) is 28.8 Å². The second kappa shape index (κ2) is 20.9. The van der Waals surface area contributed by atoms with Crippen molar-refractivity contribution in [2.45, 2.75) is 49.9 Å². The fraction of sp³-hybridized carbons (Fsp3) is 0.333. The smallest absolute Gasteiger partial charge is 0.243 e. The zero-order valence-electron chi connectivity index (χ0n) is 28.7. The van der Waals surface area contributed by atoms with E-state index in [0.29, 0.717) is 22.4 Å². The summed E-state index contributed by atoms with van der Waals surface area (Å²) in [6.07, 6.45) is 2.32. The normalized spacial score (nSPS) is 13.0. The van der Waals surface area contributed by atoms with Crippen LogP contribution in [0.4, 0.5) is 0 Å². The number of thioether (sulfide) groups is 1. The lowest BCUT2D eigenvalue weighted by Crippen LogP contribution is -2.57. The molecule has 4 atom stereocenters. The molecule has 3 aromatic rings. The zero-order chi connectivity index (χ0) is 38.0. The van der Waals surface area contributed by atoms with Gasteiger partial charge in [-0.1, -0.05) is 54.6 Å². The van der Waals surface area contributed by atoms with Crippen molar-refractivity contribution in [2.24, 2.45) is 11.5 Å². The van der Waals surface area contributed by atoms with E-state index in [0.717, 1.165) is 0 Å². The van der Waals surface area contributed by atoms with E-state index in [2.05, 4.69) is 26.6 Å². The maximum atomic E-state index is 13.6. The highest BCUT2D eigenvalue weighted by Crippen LogP contribution is 2.13. The van der Waals surface area contributed by atoms with Crippen LogP contribution in [-0.2, 0) is 48.0 Å². The van der Waals surface area contributed by atoms with Gasteiger partial charge in [0.25, 0.3) is 0 Å². The Morgan fingerprint density at radius 2 is 1.12 bits per heavy atom. The van der Waals surface area contributed by atoms with Crippen LogP contribution in [0, 0.1) is 0 Å². The molecule has 6 amide bonds. The summed E-state index contributed by atoms with van der Waals surface area (Å²) in [6.45, 7) is -0.963. The van der Waals surface area contributed by atoms with E-state index in [9.17, 15) is 39.0 Å². The van der Waals surface area contributed by atoms with Crippen LogP contribution in [0.15, 0.2) is 78.9 Å². The molecule has 0 aliphatic rings. The lowest BCUT2D eigenvalue weighted by Gasteiger charge is -2.25. The van der Waals surface area contributed by atoms with E-state index in [1.54, 1.807) is 54.6 Å². The molecule has 0 aromatic heterocycles. The summed E-state index contributed by atoms with van der Waals surface area (Å²) in [7, 11) is 0. The fourth-order valence-corrected chi connectivity index (χ4v) is 5.43. The molecule has 0 heterocycles. The van der Waals surface area contributed by atoms with Crippen LogP contribution in [0.2, 0.25) is 0 Å². The summed E-state index contributed by atoms with van der Waals surface area (Å²) < 4.78 is 0. The van der Waals surface area contributed by atoms with Crippen LogP contribution >= 0.6 is 11.8 Å². The topological polar surface area (TPSA) is 255 Å². The Bertz CT molecular complexity index is 1660. The number of rotatable bonds is 20. The number of primary amides is 1. The average Bonchev–Trinajstić information content (AvgIpc) is 3.12.